The van der Waals surface area contributed by atoms with Crippen molar-refractivity contribution in [2.24, 2.45) is 0 Å². The number of aliphatic carboxylic acids is 1. The number of carbonyl (C=O) groups is 2. The minimum absolute atomic E-state index is 0.0670. The van der Waals surface area contributed by atoms with Gasteiger partial charge in [0.25, 0.3) is 5.91 Å². The van der Waals surface area contributed by atoms with Gasteiger partial charge in [0, 0.05) is 6.42 Å². The maximum atomic E-state index is 12.4. The van der Waals surface area contributed by atoms with E-state index in [1.807, 2.05) is 31.2 Å². The molecule has 0 radical (unpaired) electrons. The predicted octanol–water partition coefficient (Wildman–Crippen LogP) is 0.692. The van der Waals surface area contributed by atoms with Crippen molar-refractivity contribution in [3.05, 3.63) is 29.8 Å². The van der Waals surface area contributed by atoms with Crippen molar-refractivity contribution in [3.63, 3.8) is 0 Å². The molecule has 2 aliphatic heterocycles. The van der Waals surface area contributed by atoms with Crippen molar-refractivity contribution in [1.29, 1.82) is 0 Å². The molecule has 21 heavy (non-hydrogen) atoms. The average Bonchev–Trinajstić information content (AvgIpc) is 2.85. The molecule has 3 rings (SSSR count). The van der Waals surface area contributed by atoms with Crippen LogP contribution in [0.3, 0.4) is 0 Å². The molecular formula is C15H17NO5. The summed E-state index contributed by atoms with van der Waals surface area (Å²) < 4.78 is 11.0. The predicted molar refractivity (Wildman–Crippen MR) is 73.1 cm³/mol. The van der Waals surface area contributed by atoms with Crippen LogP contribution in [0.25, 0.3) is 0 Å². The van der Waals surface area contributed by atoms with Crippen LogP contribution < -0.4 is 4.74 Å². The summed E-state index contributed by atoms with van der Waals surface area (Å²) in [6, 6.07) is 7.62. The Balaban J connectivity index is 1.54. The summed E-state index contributed by atoms with van der Waals surface area (Å²) in [6.07, 6.45) is 0.101. The third-order valence-electron chi connectivity index (χ3n) is 3.83. The van der Waals surface area contributed by atoms with E-state index in [2.05, 4.69) is 0 Å². The van der Waals surface area contributed by atoms with E-state index in [9.17, 15) is 9.59 Å². The highest BCUT2D eigenvalue weighted by Crippen LogP contribution is 2.31. The summed E-state index contributed by atoms with van der Waals surface area (Å²) >= 11 is 0. The van der Waals surface area contributed by atoms with E-state index in [4.69, 9.17) is 14.6 Å². The molecule has 1 aromatic carbocycles. The number of para-hydroxylation sites is 1. The summed E-state index contributed by atoms with van der Waals surface area (Å²) in [5, 5.41) is 8.62. The number of carboxylic acid groups (broad SMARTS) is 1. The van der Waals surface area contributed by atoms with Gasteiger partial charge in [0.05, 0.1) is 13.1 Å². The molecule has 2 aliphatic rings. The molecule has 1 atom stereocenters. The summed E-state index contributed by atoms with van der Waals surface area (Å²) in [5.41, 5.74) is 0.473. The van der Waals surface area contributed by atoms with Gasteiger partial charge in [-0.25, -0.2) is 4.79 Å². The minimum Gasteiger partial charge on any atom is -0.480 e. The third kappa shape index (κ3) is 2.71. The fourth-order valence-electron chi connectivity index (χ4n) is 2.77. The fourth-order valence-corrected chi connectivity index (χ4v) is 2.77. The summed E-state index contributed by atoms with van der Waals surface area (Å²) in [7, 11) is 0. The Hall–Kier alpha value is -2.08. The molecular weight excluding hydrogens is 274 g/mol. The van der Waals surface area contributed by atoms with Gasteiger partial charge < -0.3 is 19.5 Å². The zero-order valence-corrected chi connectivity index (χ0v) is 11.7. The van der Waals surface area contributed by atoms with Gasteiger partial charge in [0.1, 0.15) is 18.0 Å². The Labute approximate surface area is 122 Å². The second-order valence-electron chi connectivity index (χ2n) is 5.74. The van der Waals surface area contributed by atoms with E-state index in [0.29, 0.717) is 19.5 Å². The topological polar surface area (TPSA) is 76.1 Å². The smallest absolute Gasteiger partial charge is 0.329 e. The number of benzene rings is 1. The van der Waals surface area contributed by atoms with Gasteiger partial charge in [-0.1, -0.05) is 18.2 Å². The first-order valence-electron chi connectivity index (χ1n) is 6.86. The second-order valence-corrected chi connectivity index (χ2v) is 5.74. The molecule has 1 aromatic rings. The lowest BCUT2D eigenvalue weighted by atomic mass is 9.95. The van der Waals surface area contributed by atoms with Crippen molar-refractivity contribution in [1.82, 2.24) is 4.90 Å². The van der Waals surface area contributed by atoms with Crippen LogP contribution in [0.4, 0.5) is 0 Å². The number of fused-ring (bicyclic) bond motifs is 1. The largest absolute Gasteiger partial charge is 0.480 e. The highest BCUT2D eigenvalue weighted by atomic mass is 16.5. The molecule has 1 amide bonds. The van der Waals surface area contributed by atoms with E-state index in [0.717, 1.165) is 11.3 Å². The molecule has 6 heteroatoms. The molecule has 1 unspecified atom stereocenters. The quantitative estimate of drug-likeness (QED) is 0.883. The fraction of sp³-hybridized carbons (Fsp3) is 0.467. The molecule has 0 aliphatic carbocycles. The summed E-state index contributed by atoms with van der Waals surface area (Å²) in [6.45, 7) is 2.26. The van der Waals surface area contributed by atoms with Crippen LogP contribution in [0, 0.1) is 0 Å². The highest BCUT2D eigenvalue weighted by Gasteiger charge is 2.45. The molecule has 0 aromatic heterocycles. The van der Waals surface area contributed by atoms with E-state index in [1.165, 1.54) is 0 Å². The van der Waals surface area contributed by atoms with Gasteiger partial charge in [-0.3, -0.25) is 4.79 Å². The normalized spacial score (nSPS) is 22.1. The molecule has 1 saturated heterocycles. The van der Waals surface area contributed by atoms with Crippen molar-refractivity contribution in [2.75, 3.05) is 19.7 Å². The minimum atomic E-state index is -1.00. The van der Waals surface area contributed by atoms with Gasteiger partial charge >= 0.3 is 5.97 Å². The maximum Gasteiger partial charge on any atom is 0.329 e. The van der Waals surface area contributed by atoms with Crippen LogP contribution >= 0.6 is 0 Å². The number of nitrogens with zero attached hydrogens (tertiary/aromatic N) is 1. The third-order valence-corrected chi connectivity index (χ3v) is 3.83. The Kier molecular flexibility index (Phi) is 3.33. The average molecular weight is 291 g/mol. The first kappa shape index (κ1) is 13.9. The zero-order valence-electron chi connectivity index (χ0n) is 11.7. The number of hydrogen-bond acceptors (Lipinski definition) is 4. The van der Waals surface area contributed by atoms with E-state index < -0.39 is 17.7 Å². The standard InChI is InChI=1S/C15H17NO5/c1-15(20-7-13(17)18)8-16(9-15)14(19)12-6-10-4-2-3-5-11(10)21-12/h2-5,12H,6-9H2,1H3,(H,17,18). The first-order chi connectivity index (χ1) is 9.97. The van der Waals surface area contributed by atoms with E-state index >= 15 is 0 Å². The Morgan fingerprint density at radius 1 is 1.43 bits per heavy atom. The van der Waals surface area contributed by atoms with E-state index in [-0.39, 0.29) is 12.5 Å². The van der Waals surface area contributed by atoms with Crippen molar-refractivity contribution in [2.45, 2.75) is 25.0 Å². The Bertz CT molecular complexity index is 554. The zero-order chi connectivity index (χ0) is 15.0. The molecule has 0 bridgehead atoms. The number of ether oxygens (including phenoxy) is 2. The molecule has 1 fully saturated rings. The Morgan fingerprint density at radius 2 is 2.14 bits per heavy atom. The number of amides is 1. The van der Waals surface area contributed by atoms with Gasteiger partial charge in [-0.15, -0.1) is 0 Å². The molecule has 2 heterocycles. The number of hydrogen-bond donors (Lipinski definition) is 1. The lowest BCUT2D eigenvalue weighted by molar-refractivity contribution is -0.176. The van der Waals surface area contributed by atoms with Crippen LogP contribution in [0.5, 0.6) is 5.75 Å². The number of rotatable bonds is 4. The van der Waals surface area contributed by atoms with Gasteiger partial charge in [-0.05, 0) is 18.6 Å². The lowest BCUT2D eigenvalue weighted by Gasteiger charge is -2.47. The number of carboxylic acids is 1. The number of carbonyl (C=O) groups excluding carboxylic acids is 1. The highest BCUT2D eigenvalue weighted by molar-refractivity contribution is 5.83. The monoisotopic (exact) mass is 291 g/mol. The van der Waals surface area contributed by atoms with Crippen LogP contribution in [-0.2, 0) is 20.7 Å². The number of likely N-dealkylation sites (tertiary alicyclic amines) is 1. The molecule has 1 N–H and O–H groups in total. The van der Waals surface area contributed by atoms with Crippen LogP contribution in [0.15, 0.2) is 24.3 Å². The van der Waals surface area contributed by atoms with Crippen molar-refractivity contribution >= 4 is 11.9 Å². The molecule has 112 valence electrons. The molecule has 6 nitrogen and oxygen atoms in total. The Morgan fingerprint density at radius 3 is 2.81 bits per heavy atom. The lowest BCUT2D eigenvalue weighted by Crippen LogP contribution is -2.65. The van der Waals surface area contributed by atoms with Crippen molar-refractivity contribution in [3.8, 4) is 5.75 Å². The van der Waals surface area contributed by atoms with Gasteiger partial charge in [0.2, 0.25) is 0 Å². The van der Waals surface area contributed by atoms with E-state index in [1.54, 1.807) is 4.90 Å². The van der Waals surface area contributed by atoms with Crippen molar-refractivity contribution < 1.29 is 24.2 Å². The summed E-state index contributed by atoms with van der Waals surface area (Å²) in [5.74, 6) is -0.306. The second kappa shape index (κ2) is 5.04. The summed E-state index contributed by atoms with van der Waals surface area (Å²) in [4.78, 5) is 24.5. The maximum absolute atomic E-state index is 12.4. The van der Waals surface area contributed by atoms with Crippen LogP contribution in [0.2, 0.25) is 0 Å². The van der Waals surface area contributed by atoms with Crippen LogP contribution in [-0.4, -0.2) is 53.3 Å². The van der Waals surface area contributed by atoms with Crippen LogP contribution in [0.1, 0.15) is 12.5 Å². The molecule has 0 spiro atoms. The molecule has 0 saturated carbocycles. The SMILES string of the molecule is CC1(OCC(=O)O)CN(C(=O)C2Cc3ccccc3O2)C1. The van der Waals surface area contributed by atoms with Gasteiger partial charge in [0.15, 0.2) is 6.10 Å². The van der Waals surface area contributed by atoms with Gasteiger partial charge in [-0.2, -0.15) is 0 Å². The first-order valence-corrected chi connectivity index (χ1v) is 6.86.